The summed E-state index contributed by atoms with van der Waals surface area (Å²) in [5.74, 6) is 0.787. The third kappa shape index (κ3) is 4.10. The molecule has 0 atom stereocenters. The summed E-state index contributed by atoms with van der Waals surface area (Å²) >= 11 is 0. The van der Waals surface area contributed by atoms with Gasteiger partial charge in [-0.2, -0.15) is 15.5 Å². The quantitative estimate of drug-likeness (QED) is 0.770. The number of rotatable bonds is 5. The van der Waals surface area contributed by atoms with Crippen LogP contribution in [-0.2, 0) is 6.61 Å². The topological polar surface area (TPSA) is 94.6 Å². The van der Waals surface area contributed by atoms with Gasteiger partial charge in [-0.3, -0.25) is 0 Å². The molecule has 0 saturated heterocycles. The number of nitrogens with zero attached hydrogens (tertiary/aromatic N) is 4. The van der Waals surface area contributed by atoms with Crippen LogP contribution in [0, 0.1) is 22.7 Å². The van der Waals surface area contributed by atoms with Crippen LogP contribution in [0.1, 0.15) is 16.7 Å². The predicted octanol–water partition coefficient (Wildman–Crippen LogP) is 3.54. The van der Waals surface area contributed by atoms with Gasteiger partial charge in [-0.1, -0.05) is 18.2 Å². The first-order chi connectivity index (χ1) is 12.3. The van der Waals surface area contributed by atoms with E-state index in [-0.39, 0.29) is 6.61 Å². The Kier molecular flexibility index (Phi) is 4.84. The van der Waals surface area contributed by atoms with Crippen molar-refractivity contribution in [1.29, 1.82) is 10.5 Å². The second-order valence-corrected chi connectivity index (χ2v) is 5.09. The van der Waals surface area contributed by atoms with Crippen LogP contribution in [0.2, 0.25) is 0 Å². The second kappa shape index (κ2) is 7.58. The molecule has 0 saturated carbocycles. The standard InChI is InChI=1S/C19H13N5O/c20-11-14-5-7-17(8-6-14)23-19-22-10-9-18(24-19)25-13-16-4-2-1-3-15(16)12-21/h1-10H,13H2,(H,22,23,24). The maximum absolute atomic E-state index is 9.10. The van der Waals surface area contributed by atoms with Gasteiger partial charge < -0.3 is 10.1 Å². The first-order valence-corrected chi connectivity index (χ1v) is 7.49. The van der Waals surface area contributed by atoms with E-state index >= 15 is 0 Å². The number of anilines is 2. The first-order valence-electron chi connectivity index (χ1n) is 7.49. The average molecular weight is 327 g/mol. The van der Waals surface area contributed by atoms with E-state index in [4.69, 9.17) is 15.3 Å². The molecule has 0 unspecified atom stereocenters. The molecule has 6 nitrogen and oxygen atoms in total. The van der Waals surface area contributed by atoms with Gasteiger partial charge in [-0.15, -0.1) is 0 Å². The Morgan fingerprint density at radius 3 is 2.52 bits per heavy atom. The van der Waals surface area contributed by atoms with Gasteiger partial charge in [-0.05, 0) is 30.3 Å². The maximum atomic E-state index is 9.10. The number of aromatic nitrogens is 2. The van der Waals surface area contributed by atoms with Crippen molar-refractivity contribution >= 4 is 11.6 Å². The summed E-state index contributed by atoms with van der Waals surface area (Å²) in [6.45, 7) is 0.247. The Morgan fingerprint density at radius 1 is 0.960 bits per heavy atom. The van der Waals surface area contributed by atoms with Crippen molar-refractivity contribution < 1.29 is 4.74 Å². The minimum absolute atomic E-state index is 0.247. The summed E-state index contributed by atoms with van der Waals surface area (Å²) in [5, 5.41) is 21.0. The van der Waals surface area contributed by atoms with Gasteiger partial charge >= 0.3 is 0 Å². The zero-order chi connectivity index (χ0) is 17.5. The molecule has 2 aromatic carbocycles. The van der Waals surface area contributed by atoms with Crippen LogP contribution in [-0.4, -0.2) is 9.97 Å². The molecule has 0 fully saturated rings. The molecule has 120 valence electrons. The Hall–Kier alpha value is -3.90. The Labute approximate surface area is 145 Å². The maximum Gasteiger partial charge on any atom is 0.230 e. The Morgan fingerprint density at radius 2 is 1.76 bits per heavy atom. The predicted molar refractivity (Wildman–Crippen MR) is 92.0 cm³/mol. The smallest absolute Gasteiger partial charge is 0.230 e. The molecule has 25 heavy (non-hydrogen) atoms. The highest BCUT2D eigenvalue weighted by atomic mass is 16.5. The van der Waals surface area contributed by atoms with Gasteiger partial charge in [0.1, 0.15) is 6.61 Å². The lowest BCUT2D eigenvalue weighted by molar-refractivity contribution is 0.293. The zero-order valence-electron chi connectivity index (χ0n) is 13.2. The summed E-state index contributed by atoms with van der Waals surface area (Å²) in [6, 6.07) is 20.1. The average Bonchev–Trinajstić information content (AvgIpc) is 2.67. The minimum Gasteiger partial charge on any atom is -0.473 e. The van der Waals surface area contributed by atoms with Gasteiger partial charge in [0, 0.05) is 23.5 Å². The lowest BCUT2D eigenvalue weighted by Crippen LogP contribution is -2.02. The molecule has 1 N–H and O–H groups in total. The normalized spacial score (nSPS) is 9.68. The van der Waals surface area contributed by atoms with Crippen molar-refractivity contribution in [3.63, 3.8) is 0 Å². The van der Waals surface area contributed by atoms with Crippen LogP contribution >= 0.6 is 0 Å². The zero-order valence-corrected chi connectivity index (χ0v) is 13.2. The molecule has 0 spiro atoms. The van der Waals surface area contributed by atoms with E-state index in [2.05, 4.69) is 27.4 Å². The highest BCUT2D eigenvalue weighted by Crippen LogP contribution is 2.17. The van der Waals surface area contributed by atoms with Gasteiger partial charge in [0.15, 0.2) is 0 Å². The largest absolute Gasteiger partial charge is 0.473 e. The first kappa shape index (κ1) is 16.0. The number of nitrogens with one attached hydrogen (secondary N) is 1. The lowest BCUT2D eigenvalue weighted by Gasteiger charge is -2.09. The third-order valence-corrected chi connectivity index (χ3v) is 3.41. The van der Waals surface area contributed by atoms with Crippen molar-refractivity contribution in [2.45, 2.75) is 6.61 Å². The summed E-state index contributed by atoms with van der Waals surface area (Å²) in [5.41, 5.74) is 2.73. The monoisotopic (exact) mass is 327 g/mol. The summed E-state index contributed by atoms with van der Waals surface area (Å²) in [4.78, 5) is 8.44. The fraction of sp³-hybridized carbons (Fsp3) is 0.0526. The molecule has 0 aliphatic carbocycles. The molecule has 6 heteroatoms. The SMILES string of the molecule is N#Cc1ccc(Nc2nccc(OCc3ccccc3C#N)n2)cc1. The molecule has 0 amide bonds. The van der Waals surface area contributed by atoms with E-state index in [0.29, 0.717) is 23.0 Å². The minimum atomic E-state index is 0.247. The van der Waals surface area contributed by atoms with Crippen LogP contribution < -0.4 is 10.1 Å². The number of benzene rings is 2. The molecule has 3 rings (SSSR count). The molecule has 1 heterocycles. The number of hydrogen-bond acceptors (Lipinski definition) is 6. The summed E-state index contributed by atoms with van der Waals surface area (Å²) < 4.78 is 5.66. The van der Waals surface area contributed by atoms with Gasteiger partial charge in [0.25, 0.3) is 0 Å². The van der Waals surface area contributed by atoms with Gasteiger partial charge in [0.2, 0.25) is 11.8 Å². The van der Waals surface area contributed by atoms with E-state index in [9.17, 15) is 0 Å². The van der Waals surface area contributed by atoms with Crippen LogP contribution in [0.5, 0.6) is 5.88 Å². The van der Waals surface area contributed by atoms with Crippen LogP contribution in [0.25, 0.3) is 0 Å². The van der Waals surface area contributed by atoms with Crippen LogP contribution in [0.4, 0.5) is 11.6 Å². The molecular weight excluding hydrogens is 314 g/mol. The van der Waals surface area contributed by atoms with Gasteiger partial charge in [0.05, 0.1) is 23.3 Å². The van der Waals surface area contributed by atoms with Gasteiger partial charge in [-0.25, -0.2) is 4.98 Å². The van der Waals surface area contributed by atoms with E-state index in [1.165, 1.54) is 0 Å². The third-order valence-electron chi connectivity index (χ3n) is 3.41. The molecule has 0 radical (unpaired) electrons. The van der Waals surface area contributed by atoms with Crippen LogP contribution in [0.3, 0.4) is 0 Å². The van der Waals surface area contributed by atoms with E-state index < -0.39 is 0 Å². The summed E-state index contributed by atoms with van der Waals surface area (Å²) in [6.07, 6.45) is 1.59. The van der Waals surface area contributed by atoms with E-state index in [1.807, 2.05) is 18.2 Å². The number of hydrogen-bond donors (Lipinski definition) is 1. The highest BCUT2D eigenvalue weighted by molar-refractivity contribution is 5.55. The van der Waals surface area contributed by atoms with Crippen molar-refractivity contribution in [3.05, 3.63) is 77.5 Å². The molecule has 0 bridgehead atoms. The van der Waals surface area contributed by atoms with Crippen molar-refractivity contribution in [2.75, 3.05) is 5.32 Å². The Bertz CT molecular complexity index is 955. The second-order valence-electron chi connectivity index (χ2n) is 5.09. The molecule has 0 aliphatic rings. The molecule has 0 aliphatic heterocycles. The number of ether oxygens (including phenoxy) is 1. The Balaban J connectivity index is 1.69. The fourth-order valence-electron chi connectivity index (χ4n) is 2.15. The summed E-state index contributed by atoms with van der Waals surface area (Å²) in [7, 11) is 0. The molecular formula is C19H13N5O. The van der Waals surface area contributed by atoms with Crippen molar-refractivity contribution in [2.24, 2.45) is 0 Å². The van der Waals surface area contributed by atoms with Crippen LogP contribution in [0.15, 0.2) is 60.8 Å². The van der Waals surface area contributed by atoms with Crippen molar-refractivity contribution in [3.8, 4) is 18.0 Å². The van der Waals surface area contributed by atoms with E-state index in [1.54, 1.807) is 42.6 Å². The van der Waals surface area contributed by atoms with E-state index in [0.717, 1.165) is 11.3 Å². The highest BCUT2D eigenvalue weighted by Gasteiger charge is 2.05. The fourth-order valence-corrected chi connectivity index (χ4v) is 2.15. The van der Waals surface area contributed by atoms with Crippen molar-refractivity contribution in [1.82, 2.24) is 9.97 Å². The molecule has 3 aromatic rings. The number of nitriles is 2. The lowest BCUT2D eigenvalue weighted by atomic mass is 10.1. The molecule has 1 aromatic heterocycles.